The number of carbonyl (C=O) groups is 2. The standard InChI is InChI=1S/C56H103NO5/c1-4-7-10-13-16-19-22-24-26-27-28-30-32-34-37-40-43-46-49-56(61)62-52(47-44-41-38-35-33-31-29-25-23-20-17-14-11-8-5-2)50-55(60)57-53(51-58)54(59)48-45-42-39-36-21-18-15-12-9-6-3/h17,20,25,29,33,35,41,44,52-54,58-59H,4-16,18-19,21-24,26-28,30-32,34,36-40,42-43,45-51H2,1-3H3,(H,57,60)/b20-17-,29-25-,35-33-,44-41-. The molecule has 1 amide bonds. The predicted molar refractivity (Wildman–Crippen MR) is 269 cm³/mol. The van der Waals surface area contributed by atoms with Gasteiger partial charge in [-0.25, -0.2) is 0 Å². The molecule has 6 nitrogen and oxygen atoms in total. The van der Waals surface area contributed by atoms with Crippen molar-refractivity contribution in [2.24, 2.45) is 0 Å². The Morgan fingerprint density at radius 2 is 0.855 bits per heavy atom. The van der Waals surface area contributed by atoms with Crippen molar-refractivity contribution in [3.05, 3.63) is 48.6 Å². The van der Waals surface area contributed by atoms with Crippen LogP contribution in [0.15, 0.2) is 48.6 Å². The zero-order valence-electron chi connectivity index (χ0n) is 41.3. The fraction of sp³-hybridized carbons (Fsp3) is 0.821. The van der Waals surface area contributed by atoms with Crippen LogP contribution in [-0.2, 0) is 14.3 Å². The Hall–Kier alpha value is -2.18. The normalized spacial score (nSPS) is 13.6. The lowest BCUT2D eigenvalue weighted by molar-refractivity contribution is -0.150. The molecule has 0 aliphatic rings. The molecule has 62 heavy (non-hydrogen) atoms. The van der Waals surface area contributed by atoms with Gasteiger partial charge in [-0.05, 0) is 44.9 Å². The van der Waals surface area contributed by atoms with Gasteiger partial charge < -0.3 is 20.3 Å². The van der Waals surface area contributed by atoms with E-state index in [0.717, 1.165) is 57.8 Å². The van der Waals surface area contributed by atoms with Gasteiger partial charge in [-0.2, -0.15) is 0 Å². The topological polar surface area (TPSA) is 95.9 Å². The number of hydrogen-bond donors (Lipinski definition) is 3. The van der Waals surface area contributed by atoms with Crippen molar-refractivity contribution in [1.82, 2.24) is 5.32 Å². The lowest BCUT2D eigenvalue weighted by Gasteiger charge is -2.24. The van der Waals surface area contributed by atoms with Gasteiger partial charge in [0.25, 0.3) is 0 Å². The number of aliphatic hydroxyl groups excluding tert-OH is 2. The minimum absolute atomic E-state index is 0.00433. The Morgan fingerprint density at radius 1 is 0.484 bits per heavy atom. The average Bonchev–Trinajstić information content (AvgIpc) is 3.26. The van der Waals surface area contributed by atoms with Gasteiger partial charge in [0.05, 0.1) is 25.2 Å². The Kier molecular flexibility index (Phi) is 48.1. The Balaban J connectivity index is 4.63. The minimum Gasteiger partial charge on any atom is -0.461 e. The summed E-state index contributed by atoms with van der Waals surface area (Å²) in [5.41, 5.74) is 0. The van der Waals surface area contributed by atoms with Crippen molar-refractivity contribution in [3.63, 3.8) is 0 Å². The molecule has 3 unspecified atom stereocenters. The summed E-state index contributed by atoms with van der Waals surface area (Å²) < 4.78 is 5.88. The molecule has 0 radical (unpaired) electrons. The third-order valence-electron chi connectivity index (χ3n) is 12.2. The van der Waals surface area contributed by atoms with Crippen LogP contribution in [-0.4, -0.2) is 46.9 Å². The van der Waals surface area contributed by atoms with Gasteiger partial charge >= 0.3 is 5.97 Å². The lowest BCUT2D eigenvalue weighted by atomic mass is 10.0. The molecule has 0 saturated carbocycles. The quantitative estimate of drug-likeness (QED) is 0.0322. The van der Waals surface area contributed by atoms with Gasteiger partial charge in [-0.3, -0.25) is 9.59 Å². The number of esters is 1. The monoisotopic (exact) mass is 870 g/mol. The molecular weight excluding hydrogens is 767 g/mol. The number of unbranched alkanes of at least 4 members (excludes halogenated alkanes) is 29. The number of carbonyl (C=O) groups excluding carboxylic acids is 2. The van der Waals surface area contributed by atoms with Crippen molar-refractivity contribution in [1.29, 1.82) is 0 Å². The van der Waals surface area contributed by atoms with Crippen LogP contribution < -0.4 is 5.32 Å². The number of allylic oxidation sites excluding steroid dienone is 7. The molecule has 6 heteroatoms. The Morgan fingerprint density at radius 3 is 1.29 bits per heavy atom. The molecule has 0 aromatic rings. The number of ether oxygens (including phenoxy) is 1. The van der Waals surface area contributed by atoms with Crippen molar-refractivity contribution in [3.8, 4) is 0 Å². The summed E-state index contributed by atoms with van der Waals surface area (Å²) in [6.45, 7) is 6.43. The van der Waals surface area contributed by atoms with Crippen LogP contribution in [0.1, 0.15) is 271 Å². The maximum absolute atomic E-state index is 13.2. The SMILES string of the molecule is CCCCC/C=C\C/C=C\C/C=C\C/C=C\CC(CC(=O)NC(CO)C(O)CCCCCCCCCCCC)OC(=O)CCCCCCCCCCCCCCCCCCCC. The van der Waals surface area contributed by atoms with Crippen LogP contribution in [0.25, 0.3) is 0 Å². The van der Waals surface area contributed by atoms with E-state index >= 15 is 0 Å². The maximum Gasteiger partial charge on any atom is 0.306 e. The fourth-order valence-corrected chi connectivity index (χ4v) is 8.06. The molecule has 0 aromatic carbocycles. The smallest absolute Gasteiger partial charge is 0.306 e. The Bertz CT molecular complexity index is 1070. The van der Waals surface area contributed by atoms with Crippen molar-refractivity contribution in [2.45, 2.75) is 289 Å². The third kappa shape index (κ3) is 44.4. The van der Waals surface area contributed by atoms with Gasteiger partial charge in [-0.1, -0.05) is 256 Å². The molecule has 0 bridgehead atoms. The van der Waals surface area contributed by atoms with Crippen LogP contribution in [0.5, 0.6) is 0 Å². The summed E-state index contributed by atoms with van der Waals surface area (Å²) in [5, 5.41) is 23.7. The van der Waals surface area contributed by atoms with E-state index in [2.05, 4.69) is 68.6 Å². The largest absolute Gasteiger partial charge is 0.461 e. The van der Waals surface area contributed by atoms with E-state index in [4.69, 9.17) is 4.74 Å². The first-order chi connectivity index (χ1) is 30.5. The minimum atomic E-state index is -0.808. The number of nitrogens with one attached hydrogen (secondary N) is 1. The third-order valence-corrected chi connectivity index (χ3v) is 12.2. The molecule has 0 aromatic heterocycles. The van der Waals surface area contributed by atoms with E-state index in [-0.39, 0.29) is 24.9 Å². The van der Waals surface area contributed by atoms with E-state index in [1.807, 2.05) is 6.08 Å². The van der Waals surface area contributed by atoms with Crippen LogP contribution in [0.3, 0.4) is 0 Å². The van der Waals surface area contributed by atoms with Gasteiger partial charge in [0.1, 0.15) is 6.10 Å². The van der Waals surface area contributed by atoms with Crippen LogP contribution >= 0.6 is 0 Å². The number of rotatable bonds is 48. The van der Waals surface area contributed by atoms with Gasteiger partial charge in [0.2, 0.25) is 5.91 Å². The van der Waals surface area contributed by atoms with Crippen LogP contribution in [0.4, 0.5) is 0 Å². The summed E-state index contributed by atoms with van der Waals surface area (Å²) in [6, 6.07) is -0.728. The molecule has 0 rings (SSSR count). The van der Waals surface area contributed by atoms with Crippen molar-refractivity contribution in [2.75, 3.05) is 6.61 Å². The highest BCUT2D eigenvalue weighted by molar-refractivity contribution is 5.77. The van der Waals surface area contributed by atoms with Crippen molar-refractivity contribution >= 4 is 11.9 Å². The summed E-state index contributed by atoms with van der Waals surface area (Å²) in [7, 11) is 0. The zero-order chi connectivity index (χ0) is 45.2. The predicted octanol–water partition coefficient (Wildman–Crippen LogP) is 16.2. The molecule has 0 fully saturated rings. The van der Waals surface area contributed by atoms with E-state index in [1.54, 1.807) is 0 Å². The second-order valence-electron chi connectivity index (χ2n) is 18.3. The maximum atomic E-state index is 13.2. The molecule has 0 spiro atoms. The fourth-order valence-electron chi connectivity index (χ4n) is 8.06. The molecule has 0 heterocycles. The first kappa shape index (κ1) is 59.8. The number of aliphatic hydroxyl groups is 2. The first-order valence-electron chi connectivity index (χ1n) is 26.9. The summed E-state index contributed by atoms with van der Waals surface area (Å²) in [4.78, 5) is 26.1. The van der Waals surface area contributed by atoms with E-state index in [1.165, 1.54) is 167 Å². The summed E-state index contributed by atoms with van der Waals surface area (Å²) in [6.07, 6.45) is 60.5. The van der Waals surface area contributed by atoms with Crippen LogP contribution in [0, 0.1) is 0 Å². The van der Waals surface area contributed by atoms with Gasteiger partial charge in [0.15, 0.2) is 0 Å². The molecule has 0 aliphatic carbocycles. The average molecular weight is 870 g/mol. The molecule has 3 atom stereocenters. The molecule has 0 saturated heterocycles. The molecular formula is C56H103NO5. The molecule has 362 valence electrons. The summed E-state index contributed by atoms with van der Waals surface area (Å²) in [5.74, 6) is -0.567. The highest BCUT2D eigenvalue weighted by atomic mass is 16.5. The van der Waals surface area contributed by atoms with Gasteiger partial charge in [0, 0.05) is 12.8 Å². The van der Waals surface area contributed by atoms with Crippen molar-refractivity contribution < 1.29 is 24.5 Å². The van der Waals surface area contributed by atoms with E-state index < -0.39 is 18.2 Å². The van der Waals surface area contributed by atoms with E-state index in [0.29, 0.717) is 19.3 Å². The van der Waals surface area contributed by atoms with Crippen LogP contribution in [0.2, 0.25) is 0 Å². The lowest BCUT2D eigenvalue weighted by Crippen LogP contribution is -2.46. The van der Waals surface area contributed by atoms with Gasteiger partial charge in [-0.15, -0.1) is 0 Å². The van der Waals surface area contributed by atoms with E-state index in [9.17, 15) is 19.8 Å². The zero-order valence-corrected chi connectivity index (χ0v) is 41.3. The highest BCUT2D eigenvalue weighted by Crippen LogP contribution is 2.17. The first-order valence-corrected chi connectivity index (χ1v) is 26.9. The highest BCUT2D eigenvalue weighted by Gasteiger charge is 2.23. The number of amides is 1. The second kappa shape index (κ2) is 49.8. The Labute approximate surface area is 385 Å². The second-order valence-corrected chi connectivity index (χ2v) is 18.3. The molecule has 0 aliphatic heterocycles. The summed E-state index contributed by atoms with van der Waals surface area (Å²) >= 11 is 0. The number of hydrogen-bond acceptors (Lipinski definition) is 5. The molecule has 3 N–H and O–H groups in total.